The molecular weight excluding hydrogens is 344 g/mol. The van der Waals surface area contributed by atoms with Gasteiger partial charge in [0.15, 0.2) is 0 Å². The molecular formula is C20H10N4O3. The van der Waals surface area contributed by atoms with Crippen LogP contribution >= 0.6 is 0 Å². The van der Waals surface area contributed by atoms with E-state index in [2.05, 4.69) is 4.98 Å². The van der Waals surface area contributed by atoms with E-state index in [1.165, 1.54) is 0 Å². The maximum absolute atomic E-state index is 13.2. The molecule has 6 rings (SSSR count). The summed E-state index contributed by atoms with van der Waals surface area (Å²) in [6, 6.07) is 14.0. The van der Waals surface area contributed by atoms with E-state index in [-0.39, 0.29) is 5.56 Å². The second-order valence-corrected chi connectivity index (χ2v) is 6.62. The van der Waals surface area contributed by atoms with Gasteiger partial charge in [0.1, 0.15) is 5.65 Å². The summed E-state index contributed by atoms with van der Waals surface area (Å²) in [4.78, 5) is 42.8. The van der Waals surface area contributed by atoms with Crippen LogP contribution < -0.4 is 11.4 Å². The van der Waals surface area contributed by atoms with Gasteiger partial charge in [-0.2, -0.15) is 0 Å². The Bertz CT molecular complexity index is 1530. The Balaban J connectivity index is 1.97. The molecule has 5 aromatic rings. The molecule has 3 heterocycles. The van der Waals surface area contributed by atoms with Gasteiger partial charge < -0.3 is 0 Å². The van der Waals surface area contributed by atoms with Crippen molar-refractivity contribution in [3.8, 4) is 0 Å². The van der Waals surface area contributed by atoms with Crippen molar-refractivity contribution in [1.29, 1.82) is 0 Å². The second kappa shape index (κ2) is 4.46. The minimum atomic E-state index is -0.581. The number of aromatic nitrogens is 2. The van der Waals surface area contributed by atoms with Crippen LogP contribution in [-0.2, 0) is 0 Å². The summed E-state index contributed by atoms with van der Waals surface area (Å²) in [5, 5.41) is 2.81. The molecule has 0 aliphatic carbocycles. The standard InChI is InChI=1S/C20H10N4O3/c21-24-19(26)11-6-5-9-15-10(7-8-12(16(11)15)20(24)27)18(25)23-14-4-2-1-3-13(14)22-17(9)23/h1-8H,21H2. The molecule has 0 bridgehead atoms. The fraction of sp³-hybridized carbons (Fsp3) is 0. The van der Waals surface area contributed by atoms with Crippen LogP contribution in [0, 0.1) is 0 Å². The number of imide groups is 1. The predicted molar refractivity (Wildman–Crippen MR) is 99.9 cm³/mol. The zero-order valence-corrected chi connectivity index (χ0v) is 13.8. The molecule has 0 atom stereocenters. The van der Waals surface area contributed by atoms with Crippen LogP contribution in [0.1, 0.15) is 20.7 Å². The van der Waals surface area contributed by atoms with Crippen molar-refractivity contribution in [1.82, 2.24) is 14.4 Å². The number of imidazole rings is 1. The van der Waals surface area contributed by atoms with Gasteiger partial charge in [0.05, 0.1) is 22.2 Å². The van der Waals surface area contributed by atoms with Gasteiger partial charge in [0, 0.05) is 21.5 Å². The molecule has 0 fully saturated rings. The lowest BCUT2D eigenvalue weighted by Crippen LogP contribution is -2.45. The van der Waals surface area contributed by atoms with Crippen molar-refractivity contribution in [3.05, 3.63) is 70.0 Å². The van der Waals surface area contributed by atoms with E-state index >= 15 is 0 Å². The summed E-state index contributed by atoms with van der Waals surface area (Å²) >= 11 is 0. The Morgan fingerprint density at radius 1 is 0.778 bits per heavy atom. The van der Waals surface area contributed by atoms with E-state index in [0.717, 1.165) is 5.52 Å². The molecule has 2 amide bonds. The van der Waals surface area contributed by atoms with Crippen molar-refractivity contribution in [3.63, 3.8) is 0 Å². The molecule has 7 heteroatoms. The lowest BCUT2D eigenvalue weighted by molar-refractivity contribution is 0.0610. The molecule has 128 valence electrons. The summed E-state index contributed by atoms with van der Waals surface area (Å²) in [5.41, 5.74) is 2.32. The smallest absolute Gasteiger partial charge is 0.268 e. The number of hydrazine groups is 1. The van der Waals surface area contributed by atoms with E-state index in [4.69, 9.17) is 5.84 Å². The molecule has 7 nitrogen and oxygen atoms in total. The third-order valence-corrected chi connectivity index (χ3v) is 5.29. The van der Waals surface area contributed by atoms with Gasteiger partial charge in [0.2, 0.25) is 0 Å². The van der Waals surface area contributed by atoms with Gasteiger partial charge >= 0.3 is 0 Å². The first-order valence-corrected chi connectivity index (χ1v) is 8.33. The lowest BCUT2D eigenvalue weighted by Gasteiger charge is -2.24. The molecule has 27 heavy (non-hydrogen) atoms. The number of rotatable bonds is 0. The molecule has 1 aliphatic heterocycles. The highest BCUT2D eigenvalue weighted by Gasteiger charge is 2.32. The number of hydrogen-bond donors (Lipinski definition) is 1. The topological polar surface area (TPSA) is 97.8 Å². The van der Waals surface area contributed by atoms with Crippen LogP contribution in [-0.4, -0.2) is 26.2 Å². The number of carbonyl (C=O) groups excluding carboxylic acids is 2. The van der Waals surface area contributed by atoms with Gasteiger partial charge in [-0.3, -0.25) is 18.8 Å². The van der Waals surface area contributed by atoms with E-state index in [9.17, 15) is 14.4 Å². The van der Waals surface area contributed by atoms with Crippen molar-refractivity contribution >= 4 is 50.0 Å². The maximum Gasteiger partial charge on any atom is 0.275 e. The monoisotopic (exact) mass is 354 g/mol. The first-order valence-electron chi connectivity index (χ1n) is 8.33. The van der Waals surface area contributed by atoms with Gasteiger partial charge in [0.25, 0.3) is 17.4 Å². The molecule has 3 aromatic carbocycles. The quantitative estimate of drug-likeness (QED) is 0.261. The van der Waals surface area contributed by atoms with Gasteiger partial charge in [-0.15, -0.1) is 0 Å². The van der Waals surface area contributed by atoms with Gasteiger partial charge in [-0.05, 0) is 36.4 Å². The number of nitrogens with two attached hydrogens (primary N) is 1. The Morgan fingerprint density at radius 2 is 1.44 bits per heavy atom. The van der Waals surface area contributed by atoms with Crippen LogP contribution in [0.5, 0.6) is 0 Å². The molecule has 2 N–H and O–H groups in total. The molecule has 0 saturated heterocycles. The molecule has 0 spiro atoms. The van der Waals surface area contributed by atoms with Crippen molar-refractivity contribution in [2.24, 2.45) is 5.84 Å². The third kappa shape index (κ3) is 1.51. The Labute approximate surface area is 150 Å². The summed E-state index contributed by atoms with van der Waals surface area (Å²) < 4.78 is 1.58. The fourth-order valence-corrected chi connectivity index (χ4v) is 4.10. The van der Waals surface area contributed by atoms with E-state index < -0.39 is 11.8 Å². The minimum Gasteiger partial charge on any atom is -0.268 e. The summed E-state index contributed by atoms with van der Waals surface area (Å²) in [6.07, 6.45) is 0. The highest BCUT2D eigenvalue weighted by atomic mass is 16.2. The summed E-state index contributed by atoms with van der Waals surface area (Å²) in [7, 11) is 0. The van der Waals surface area contributed by atoms with Crippen molar-refractivity contribution in [2.75, 3.05) is 0 Å². The predicted octanol–water partition coefficient (Wildman–Crippen LogP) is 2.06. The molecule has 0 radical (unpaired) electrons. The normalized spacial score (nSPS) is 14.3. The largest absolute Gasteiger partial charge is 0.275 e. The Hall–Kier alpha value is -3.84. The number of fused-ring (bicyclic) bond motifs is 4. The SMILES string of the molecule is NN1C(=O)c2ccc3c(=O)n4c5ccccc5nc4c4ccc(c2c34)C1=O. The lowest BCUT2D eigenvalue weighted by atomic mass is 9.91. The number of hydrogen-bond acceptors (Lipinski definition) is 5. The van der Waals surface area contributed by atoms with E-state index in [1.54, 1.807) is 28.7 Å². The van der Waals surface area contributed by atoms with E-state index in [0.29, 0.717) is 48.8 Å². The Kier molecular flexibility index (Phi) is 2.37. The van der Waals surface area contributed by atoms with Crippen LogP contribution in [0.4, 0.5) is 0 Å². The fourth-order valence-electron chi connectivity index (χ4n) is 4.10. The first kappa shape index (κ1) is 14.3. The van der Waals surface area contributed by atoms with Gasteiger partial charge in [-0.25, -0.2) is 15.8 Å². The number of nitrogens with zero attached hydrogens (tertiary/aromatic N) is 3. The van der Waals surface area contributed by atoms with E-state index in [1.807, 2.05) is 24.3 Å². The van der Waals surface area contributed by atoms with Crippen LogP contribution in [0.2, 0.25) is 0 Å². The van der Waals surface area contributed by atoms with Crippen molar-refractivity contribution in [2.45, 2.75) is 0 Å². The number of amides is 2. The highest BCUT2D eigenvalue weighted by Crippen LogP contribution is 2.36. The van der Waals surface area contributed by atoms with Crippen LogP contribution in [0.15, 0.2) is 53.3 Å². The van der Waals surface area contributed by atoms with Gasteiger partial charge in [-0.1, -0.05) is 12.1 Å². The average Bonchev–Trinajstić information content (AvgIpc) is 3.08. The minimum absolute atomic E-state index is 0.232. The van der Waals surface area contributed by atoms with Crippen LogP contribution in [0.3, 0.4) is 0 Å². The highest BCUT2D eigenvalue weighted by molar-refractivity contribution is 6.31. The maximum atomic E-state index is 13.2. The second-order valence-electron chi connectivity index (χ2n) is 6.62. The summed E-state index contributed by atoms with van der Waals surface area (Å²) in [5.74, 6) is 4.48. The first-order chi connectivity index (χ1) is 13.1. The molecule has 0 unspecified atom stereocenters. The Morgan fingerprint density at radius 3 is 2.19 bits per heavy atom. The number of para-hydroxylation sites is 2. The number of carbonyl (C=O) groups is 2. The zero-order chi connectivity index (χ0) is 18.4. The number of benzene rings is 3. The molecule has 2 aromatic heterocycles. The van der Waals surface area contributed by atoms with Crippen molar-refractivity contribution < 1.29 is 9.59 Å². The third-order valence-electron chi connectivity index (χ3n) is 5.29. The molecule has 0 saturated carbocycles. The molecule has 1 aliphatic rings. The zero-order valence-electron chi connectivity index (χ0n) is 13.8. The average molecular weight is 354 g/mol. The van der Waals surface area contributed by atoms with Crippen LogP contribution in [0.25, 0.3) is 38.2 Å². The number of pyridine rings is 1. The summed E-state index contributed by atoms with van der Waals surface area (Å²) in [6.45, 7) is 0.